The summed E-state index contributed by atoms with van der Waals surface area (Å²) in [5, 5.41) is 13.9. The normalized spacial score (nSPS) is 20.1. The van der Waals surface area contributed by atoms with Gasteiger partial charge in [-0.2, -0.15) is 0 Å². The first kappa shape index (κ1) is 14.0. The zero-order valence-electron chi connectivity index (χ0n) is 9.99. The molecule has 0 spiro atoms. The van der Waals surface area contributed by atoms with Crippen LogP contribution < -0.4 is 10.6 Å². The molecule has 17 heavy (non-hydrogen) atoms. The molecule has 2 amide bonds. The number of hydrogen-bond donors (Lipinski definition) is 3. The highest BCUT2D eigenvalue weighted by Gasteiger charge is 2.50. The van der Waals surface area contributed by atoms with Crippen LogP contribution in [0, 0.1) is 5.41 Å². The summed E-state index contributed by atoms with van der Waals surface area (Å²) in [4.78, 5) is 22.2. The van der Waals surface area contributed by atoms with Gasteiger partial charge in [-0.25, -0.2) is 4.79 Å². The third-order valence-corrected chi connectivity index (χ3v) is 4.31. The fourth-order valence-electron chi connectivity index (χ4n) is 1.28. The first-order valence-corrected chi connectivity index (χ1v) is 7.07. The Morgan fingerprint density at radius 1 is 1.41 bits per heavy atom. The van der Waals surface area contributed by atoms with Gasteiger partial charge < -0.3 is 15.7 Å². The maximum Gasteiger partial charge on any atom is 0.314 e. The molecular weight excluding hydrogens is 244 g/mol. The van der Waals surface area contributed by atoms with Crippen LogP contribution in [0.15, 0.2) is 0 Å². The number of hydrogen-bond acceptors (Lipinski definition) is 3. The smallest absolute Gasteiger partial charge is 0.314 e. The minimum atomic E-state index is -0.979. The minimum Gasteiger partial charge on any atom is -0.481 e. The Bertz CT molecular complexity index is 341. The van der Waals surface area contributed by atoms with Crippen molar-refractivity contribution < 1.29 is 18.9 Å². The van der Waals surface area contributed by atoms with E-state index in [1.807, 2.05) is 0 Å². The average molecular weight is 262 g/mol. The predicted octanol–water partition coefficient (Wildman–Crippen LogP) is -0.0826. The SMILES string of the molecule is CC(CNC(=O)NCC1(C(=O)O)CC1)S(C)=O. The lowest BCUT2D eigenvalue weighted by Crippen LogP contribution is -2.43. The fraction of sp³-hybridized carbons (Fsp3) is 0.800. The van der Waals surface area contributed by atoms with Crippen LogP contribution in [0.1, 0.15) is 19.8 Å². The maximum absolute atomic E-state index is 11.4. The number of nitrogens with one attached hydrogen (secondary N) is 2. The lowest BCUT2D eigenvalue weighted by atomic mass is 10.1. The van der Waals surface area contributed by atoms with E-state index < -0.39 is 28.2 Å². The van der Waals surface area contributed by atoms with Gasteiger partial charge in [-0.15, -0.1) is 0 Å². The monoisotopic (exact) mass is 262 g/mol. The van der Waals surface area contributed by atoms with Crippen LogP contribution in [0.25, 0.3) is 0 Å². The number of carbonyl (C=O) groups is 2. The van der Waals surface area contributed by atoms with Gasteiger partial charge in [0, 0.05) is 35.4 Å². The predicted molar refractivity (Wildman–Crippen MR) is 64.2 cm³/mol. The van der Waals surface area contributed by atoms with Crippen LogP contribution in [-0.2, 0) is 15.6 Å². The van der Waals surface area contributed by atoms with E-state index in [2.05, 4.69) is 10.6 Å². The molecule has 1 aliphatic carbocycles. The van der Waals surface area contributed by atoms with E-state index >= 15 is 0 Å². The zero-order chi connectivity index (χ0) is 13.1. The number of aliphatic carboxylic acids is 1. The first-order valence-electron chi connectivity index (χ1n) is 5.45. The van der Waals surface area contributed by atoms with E-state index in [0.717, 1.165) is 0 Å². The summed E-state index contributed by atoms with van der Waals surface area (Å²) in [5.74, 6) is -0.860. The molecule has 0 bridgehead atoms. The van der Waals surface area contributed by atoms with Gasteiger partial charge in [0.2, 0.25) is 0 Å². The highest BCUT2D eigenvalue weighted by Crippen LogP contribution is 2.45. The molecule has 98 valence electrons. The number of carboxylic acid groups (broad SMARTS) is 1. The highest BCUT2D eigenvalue weighted by molar-refractivity contribution is 7.84. The van der Waals surface area contributed by atoms with Crippen molar-refractivity contribution in [2.24, 2.45) is 5.41 Å². The van der Waals surface area contributed by atoms with Crippen molar-refractivity contribution in [3.8, 4) is 0 Å². The average Bonchev–Trinajstić information content (AvgIpc) is 3.03. The lowest BCUT2D eigenvalue weighted by Gasteiger charge is -2.13. The van der Waals surface area contributed by atoms with E-state index in [1.54, 1.807) is 13.2 Å². The zero-order valence-corrected chi connectivity index (χ0v) is 10.8. The van der Waals surface area contributed by atoms with E-state index in [9.17, 15) is 13.8 Å². The van der Waals surface area contributed by atoms with Gasteiger partial charge in [0.25, 0.3) is 0 Å². The second kappa shape index (κ2) is 5.48. The molecule has 0 aromatic heterocycles. The van der Waals surface area contributed by atoms with Crippen molar-refractivity contribution >= 4 is 22.8 Å². The van der Waals surface area contributed by atoms with Gasteiger partial charge in [0.1, 0.15) is 0 Å². The Morgan fingerprint density at radius 2 is 2.00 bits per heavy atom. The summed E-state index contributed by atoms with van der Waals surface area (Å²) in [6, 6.07) is -0.408. The van der Waals surface area contributed by atoms with E-state index in [4.69, 9.17) is 5.11 Å². The second-order valence-corrected chi connectivity index (χ2v) is 6.26. The van der Waals surface area contributed by atoms with E-state index in [-0.39, 0.29) is 11.8 Å². The van der Waals surface area contributed by atoms with Crippen molar-refractivity contribution in [2.45, 2.75) is 25.0 Å². The van der Waals surface area contributed by atoms with Gasteiger partial charge >= 0.3 is 12.0 Å². The molecule has 1 saturated carbocycles. The second-order valence-electron chi connectivity index (χ2n) is 4.46. The van der Waals surface area contributed by atoms with Crippen LogP contribution >= 0.6 is 0 Å². The van der Waals surface area contributed by atoms with Gasteiger partial charge in [-0.3, -0.25) is 9.00 Å². The number of carboxylic acids is 1. The van der Waals surface area contributed by atoms with Crippen molar-refractivity contribution in [3.05, 3.63) is 0 Å². The van der Waals surface area contributed by atoms with Crippen LogP contribution in [0.3, 0.4) is 0 Å². The molecule has 1 rings (SSSR count). The van der Waals surface area contributed by atoms with Crippen molar-refractivity contribution in [2.75, 3.05) is 19.3 Å². The molecule has 0 saturated heterocycles. The van der Waals surface area contributed by atoms with E-state index in [1.165, 1.54) is 0 Å². The summed E-state index contributed by atoms with van der Waals surface area (Å²) in [7, 11) is -0.979. The van der Waals surface area contributed by atoms with Gasteiger partial charge in [-0.1, -0.05) is 0 Å². The molecule has 0 aliphatic heterocycles. The summed E-state index contributed by atoms with van der Waals surface area (Å²) in [6.45, 7) is 2.24. The first-order chi connectivity index (χ1) is 7.87. The molecule has 1 fully saturated rings. The van der Waals surface area contributed by atoms with Gasteiger partial charge in [0.05, 0.1) is 5.41 Å². The topological polar surface area (TPSA) is 95.5 Å². The van der Waals surface area contributed by atoms with Crippen LogP contribution in [0.4, 0.5) is 4.79 Å². The Hall–Kier alpha value is -1.11. The third kappa shape index (κ3) is 3.99. The summed E-state index contributed by atoms with van der Waals surface area (Å²) >= 11 is 0. The molecule has 2 atom stereocenters. The Morgan fingerprint density at radius 3 is 2.41 bits per heavy atom. The largest absolute Gasteiger partial charge is 0.481 e. The molecule has 2 unspecified atom stereocenters. The van der Waals surface area contributed by atoms with Gasteiger partial charge in [0.15, 0.2) is 0 Å². The molecule has 6 nitrogen and oxygen atoms in total. The summed E-state index contributed by atoms with van der Waals surface area (Å²) < 4.78 is 11.0. The summed E-state index contributed by atoms with van der Waals surface area (Å²) in [5.41, 5.74) is -0.753. The number of urea groups is 1. The van der Waals surface area contributed by atoms with Crippen molar-refractivity contribution in [1.82, 2.24) is 10.6 Å². The highest BCUT2D eigenvalue weighted by atomic mass is 32.2. The van der Waals surface area contributed by atoms with Crippen LogP contribution in [-0.4, -0.2) is 45.9 Å². The molecule has 3 N–H and O–H groups in total. The number of carbonyl (C=O) groups excluding carboxylic acids is 1. The maximum atomic E-state index is 11.4. The lowest BCUT2D eigenvalue weighted by molar-refractivity contribution is -0.143. The van der Waals surface area contributed by atoms with Crippen LogP contribution in [0.5, 0.6) is 0 Å². The quantitative estimate of drug-likeness (QED) is 0.623. The molecule has 0 radical (unpaired) electrons. The molecule has 1 aliphatic rings. The third-order valence-electron chi connectivity index (χ3n) is 3.01. The molecule has 7 heteroatoms. The van der Waals surface area contributed by atoms with Gasteiger partial charge in [-0.05, 0) is 19.8 Å². The standard InChI is InChI=1S/C10H18N2O4S/c1-7(17(2)16)5-11-9(15)12-6-10(3-4-10)8(13)14/h7H,3-6H2,1-2H3,(H,13,14)(H2,11,12,15). The molecule has 0 heterocycles. The molecular formula is C10H18N2O4S. The number of rotatable bonds is 6. The minimum absolute atomic E-state index is 0.116. The summed E-state index contributed by atoms with van der Waals surface area (Å²) in [6.07, 6.45) is 2.80. The Labute approximate surface area is 103 Å². The van der Waals surface area contributed by atoms with Crippen molar-refractivity contribution in [3.63, 3.8) is 0 Å². The van der Waals surface area contributed by atoms with E-state index in [0.29, 0.717) is 19.4 Å². The fourth-order valence-corrected chi connectivity index (χ4v) is 1.60. The van der Waals surface area contributed by atoms with Crippen LogP contribution in [0.2, 0.25) is 0 Å². The molecule has 0 aromatic carbocycles. The number of amides is 2. The Kier molecular flexibility index (Phi) is 4.50. The van der Waals surface area contributed by atoms with Crippen molar-refractivity contribution in [1.29, 1.82) is 0 Å². The molecule has 0 aromatic rings. The Balaban J connectivity index is 2.22.